The average molecular weight is 381 g/mol. The molecule has 0 amide bonds. The number of rotatable bonds is 4. The van der Waals surface area contributed by atoms with Crippen LogP contribution in [0.25, 0.3) is 0 Å². The van der Waals surface area contributed by atoms with E-state index in [2.05, 4.69) is 0 Å². The first-order chi connectivity index (χ1) is 9.88. The molecule has 0 aromatic carbocycles. The van der Waals surface area contributed by atoms with Gasteiger partial charge in [-0.3, -0.25) is 9.59 Å². The minimum Gasteiger partial charge on any atom is -1.00 e. The van der Waals surface area contributed by atoms with E-state index >= 15 is 0 Å². The highest BCUT2D eigenvalue weighted by molar-refractivity contribution is 5.85. The fourth-order valence-electron chi connectivity index (χ4n) is 3.50. The molecule has 4 nitrogen and oxygen atoms in total. The Balaban J connectivity index is 0.00000264. The highest BCUT2D eigenvalue weighted by atomic mass is 35.5. The van der Waals surface area contributed by atoms with Gasteiger partial charge in [-0.1, -0.05) is 41.5 Å². The van der Waals surface area contributed by atoms with E-state index in [1.807, 2.05) is 41.5 Å². The van der Waals surface area contributed by atoms with E-state index < -0.39 is 0 Å². The van der Waals surface area contributed by atoms with Gasteiger partial charge in [-0.25, -0.2) is 0 Å². The second-order valence-corrected chi connectivity index (χ2v) is 9.69. The van der Waals surface area contributed by atoms with Crippen LogP contribution in [0.2, 0.25) is 0 Å². The van der Waals surface area contributed by atoms with Crippen molar-refractivity contribution in [3.05, 3.63) is 0 Å². The van der Waals surface area contributed by atoms with Gasteiger partial charge in [-0.2, -0.15) is 0 Å². The summed E-state index contributed by atoms with van der Waals surface area (Å²) < 4.78 is 1.92. The Morgan fingerprint density at radius 1 is 0.625 bits per heavy atom. The molecule has 3 aliphatic heterocycles. The molecular weight excluding hydrogens is 347 g/mol. The fourth-order valence-corrected chi connectivity index (χ4v) is 3.50. The third-order valence-electron chi connectivity index (χ3n) is 5.78. The maximum absolute atomic E-state index is 12.4. The van der Waals surface area contributed by atoms with Gasteiger partial charge in [0.05, 0.1) is 0 Å². The zero-order valence-corrected chi connectivity index (χ0v) is 17.6. The number of carbonyl (C=O) groups excluding carboxylic acids is 2. The summed E-state index contributed by atoms with van der Waals surface area (Å²) in [6.45, 7) is 19.8. The predicted octanol–water partition coefficient (Wildman–Crippen LogP) is -4.11. The summed E-state index contributed by atoms with van der Waals surface area (Å²) in [5.74, 6) is 0.750. The lowest BCUT2D eigenvalue weighted by atomic mass is 9.88. The van der Waals surface area contributed by atoms with E-state index in [9.17, 15) is 9.59 Å². The minimum atomic E-state index is -0.240. The van der Waals surface area contributed by atoms with Crippen molar-refractivity contribution in [3.63, 3.8) is 0 Å². The maximum atomic E-state index is 12.4. The Kier molecular flexibility index (Phi) is 7.56. The summed E-state index contributed by atoms with van der Waals surface area (Å²) in [5.41, 5.74) is -0.480. The first-order valence-corrected chi connectivity index (χ1v) is 8.65. The molecule has 3 heterocycles. The molecule has 6 heteroatoms. The molecule has 0 saturated carbocycles. The smallest absolute Gasteiger partial charge is 0.192 e. The van der Waals surface area contributed by atoms with Gasteiger partial charge in [-0.15, -0.1) is 0 Å². The van der Waals surface area contributed by atoms with Crippen molar-refractivity contribution in [1.82, 2.24) is 0 Å². The van der Waals surface area contributed by atoms with Gasteiger partial charge < -0.3 is 33.8 Å². The van der Waals surface area contributed by atoms with Crippen LogP contribution in [-0.4, -0.2) is 72.9 Å². The summed E-state index contributed by atoms with van der Waals surface area (Å²) >= 11 is 0. The summed E-state index contributed by atoms with van der Waals surface area (Å²) in [5, 5.41) is 0. The highest BCUT2D eigenvalue weighted by Gasteiger charge is 2.51. The van der Waals surface area contributed by atoms with Crippen molar-refractivity contribution >= 4 is 11.6 Å². The number of nitrogens with zero attached hydrogens (tertiary/aromatic N) is 2. The first-order valence-electron chi connectivity index (χ1n) is 8.65. The zero-order valence-electron chi connectivity index (χ0n) is 16.1. The molecule has 24 heavy (non-hydrogen) atoms. The van der Waals surface area contributed by atoms with E-state index in [-0.39, 0.29) is 35.6 Å². The summed E-state index contributed by atoms with van der Waals surface area (Å²) in [4.78, 5) is 24.9. The van der Waals surface area contributed by atoms with Crippen LogP contribution in [0.15, 0.2) is 0 Å². The Morgan fingerprint density at radius 3 is 1.00 bits per heavy atom. The molecule has 0 spiro atoms. The molecule has 0 aromatic rings. The lowest BCUT2D eigenvalue weighted by Gasteiger charge is -2.55. The highest BCUT2D eigenvalue weighted by Crippen LogP contribution is 2.30. The first kappa shape index (κ1) is 23.8. The lowest BCUT2D eigenvalue weighted by molar-refractivity contribution is -1.07. The number of Topliss-reactive ketones (excluding diaryl/α,β-unsaturated/α-hetero) is 2. The van der Waals surface area contributed by atoms with E-state index in [1.165, 1.54) is 0 Å². The number of piperazine rings is 3. The summed E-state index contributed by atoms with van der Waals surface area (Å²) in [7, 11) is 0. The van der Waals surface area contributed by atoms with Crippen molar-refractivity contribution in [2.24, 2.45) is 10.8 Å². The normalized spacial score (nSPS) is 29.4. The molecule has 3 aliphatic rings. The minimum absolute atomic E-state index is 0. The van der Waals surface area contributed by atoms with Crippen LogP contribution in [0.5, 0.6) is 0 Å². The second-order valence-electron chi connectivity index (χ2n) is 9.69. The number of ketones is 2. The molecule has 0 N–H and O–H groups in total. The maximum Gasteiger partial charge on any atom is 0.192 e. The van der Waals surface area contributed by atoms with Crippen molar-refractivity contribution in [2.45, 2.75) is 41.5 Å². The zero-order chi connectivity index (χ0) is 16.8. The topological polar surface area (TPSA) is 34.1 Å². The van der Waals surface area contributed by atoms with E-state index in [0.717, 1.165) is 48.2 Å². The quantitative estimate of drug-likeness (QED) is 0.464. The molecular formula is C18H34Cl2N2O2. The van der Waals surface area contributed by atoms with Crippen molar-refractivity contribution < 1.29 is 43.4 Å². The molecule has 3 saturated heterocycles. The van der Waals surface area contributed by atoms with Gasteiger partial charge in [0, 0.05) is 10.8 Å². The van der Waals surface area contributed by atoms with E-state index in [4.69, 9.17) is 0 Å². The predicted molar refractivity (Wildman–Crippen MR) is 88.4 cm³/mol. The van der Waals surface area contributed by atoms with E-state index in [0.29, 0.717) is 24.7 Å². The third-order valence-corrected chi connectivity index (χ3v) is 5.78. The molecule has 0 aromatic heterocycles. The monoisotopic (exact) mass is 380 g/mol. The number of halogens is 2. The molecule has 0 unspecified atom stereocenters. The number of quaternary nitrogens is 2. The number of fused-ring (bicyclic) bond motifs is 3. The van der Waals surface area contributed by atoms with Crippen molar-refractivity contribution in [2.75, 3.05) is 52.4 Å². The van der Waals surface area contributed by atoms with Crippen LogP contribution in [-0.2, 0) is 9.59 Å². The number of hydrogen-bond acceptors (Lipinski definition) is 2. The Bertz CT molecular complexity index is 410. The Labute approximate surface area is 160 Å². The average Bonchev–Trinajstić information content (AvgIpc) is 2.38. The van der Waals surface area contributed by atoms with Crippen molar-refractivity contribution in [3.8, 4) is 0 Å². The summed E-state index contributed by atoms with van der Waals surface area (Å²) in [6, 6.07) is 0. The largest absolute Gasteiger partial charge is 1.00 e. The van der Waals surface area contributed by atoms with Gasteiger partial charge in [0.2, 0.25) is 0 Å². The van der Waals surface area contributed by atoms with Crippen LogP contribution in [0.1, 0.15) is 41.5 Å². The van der Waals surface area contributed by atoms with E-state index in [1.54, 1.807) is 0 Å². The van der Waals surface area contributed by atoms with Crippen LogP contribution >= 0.6 is 0 Å². The third kappa shape index (κ3) is 5.17. The molecule has 0 radical (unpaired) electrons. The SMILES string of the molecule is CC(C)(C)C(=O)C[N+]12CC[N+](CC(=O)C(C)(C)C)(CC1)CC2.[Cl-].[Cl-]. The molecule has 3 rings (SSSR count). The molecule has 0 atom stereocenters. The van der Waals surface area contributed by atoms with Crippen LogP contribution < -0.4 is 24.8 Å². The standard InChI is InChI=1S/C18H34N2O2.2ClH/c1-17(2,3)15(21)13-19-7-10-20(11-8-19,12-9-19)14-16(22)18(4,5)6;;/h7-14H2,1-6H3;2*1H/q+2;;/p-2. The molecule has 2 bridgehead atoms. The van der Waals surface area contributed by atoms with Gasteiger partial charge in [0.25, 0.3) is 0 Å². The van der Waals surface area contributed by atoms with Gasteiger partial charge in [-0.05, 0) is 0 Å². The molecule has 3 fully saturated rings. The van der Waals surface area contributed by atoms with Gasteiger partial charge >= 0.3 is 0 Å². The van der Waals surface area contributed by atoms with Crippen LogP contribution in [0.4, 0.5) is 0 Å². The molecule has 142 valence electrons. The Hall–Kier alpha value is -0.160. The van der Waals surface area contributed by atoms with Crippen LogP contribution in [0.3, 0.4) is 0 Å². The summed E-state index contributed by atoms with van der Waals surface area (Å²) in [6.07, 6.45) is 0. The molecule has 0 aliphatic carbocycles. The van der Waals surface area contributed by atoms with Crippen LogP contribution in [0, 0.1) is 10.8 Å². The van der Waals surface area contributed by atoms with Crippen molar-refractivity contribution in [1.29, 1.82) is 0 Å². The van der Waals surface area contributed by atoms with Gasteiger partial charge in [0.1, 0.15) is 52.4 Å². The fraction of sp³-hybridized carbons (Fsp3) is 0.889. The number of hydrogen-bond donors (Lipinski definition) is 0. The Morgan fingerprint density at radius 2 is 0.833 bits per heavy atom. The lowest BCUT2D eigenvalue weighted by Crippen LogP contribution is -3.00. The number of carbonyl (C=O) groups is 2. The second kappa shape index (κ2) is 7.61. The van der Waals surface area contributed by atoms with Gasteiger partial charge in [0.15, 0.2) is 11.6 Å².